The Balaban J connectivity index is 2.05. The number of nitrogens with two attached hydrogens (primary N) is 1. The normalized spacial score (nSPS) is 14.3. The lowest BCUT2D eigenvalue weighted by Gasteiger charge is -2.33. The highest BCUT2D eigenvalue weighted by atomic mass is 32.2. The van der Waals surface area contributed by atoms with Crippen molar-refractivity contribution in [1.29, 1.82) is 0 Å². The molecule has 1 fully saturated rings. The second-order valence-electron chi connectivity index (χ2n) is 7.83. The van der Waals surface area contributed by atoms with Crippen molar-refractivity contribution >= 4 is 33.2 Å². The second kappa shape index (κ2) is 10.6. The number of methoxy groups -OCH3 is 2. The zero-order chi connectivity index (χ0) is 25.8. The molecule has 0 atom stereocenters. The van der Waals surface area contributed by atoms with Crippen LogP contribution in [0.2, 0.25) is 0 Å². The van der Waals surface area contributed by atoms with E-state index in [1.165, 1.54) is 49.5 Å². The number of nitrogens with zero attached hydrogens (tertiary/aromatic N) is 3. The molecule has 35 heavy (non-hydrogen) atoms. The first kappa shape index (κ1) is 25.7. The molecule has 2 amide bonds. The number of hydrogen-bond donors (Lipinski definition) is 1. The van der Waals surface area contributed by atoms with Crippen molar-refractivity contribution in [3.63, 3.8) is 0 Å². The van der Waals surface area contributed by atoms with E-state index in [1.54, 1.807) is 0 Å². The highest BCUT2D eigenvalue weighted by Gasteiger charge is 2.36. The van der Waals surface area contributed by atoms with Crippen LogP contribution in [0.1, 0.15) is 12.8 Å². The quantitative estimate of drug-likeness (QED) is 0.395. The largest absolute Gasteiger partial charge is 0.497 e. The lowest BCUT2D eigenvalue weighted by atomic mass is 9.96. The SMILES string of the molecule is COc1ccc(N(CC(=O)N2CCC(C(N)=O)CC2)S(=O)(=O)c2ccccc2[N+](=O)[O-])c(OC)c1. The Kier molecular flexibility index (Phi) is 7.79. The molecule has 0 radical (unpaired) electrons. The van der Waals surface area contributed by atoms with Crippen LogP contribution < -0.4 is 19.5 Å². The maximum atomic E-state index is 13.7. The lowest BCUT2D eigenvalue weighted by molar-refractivity contribution is -0.387. The van der Waals surface area contributed by atoms with Crippen molar-refractivity contribution in [3.8, 4) is 11.5 Å². The Morgan fingerprint density at radius 2 is 1.80 bits per heavy atom. The van der Waals surface area contributed by atoms with Crippen LogP contribution in [0, 0.1) is 16.0 Å². The van der Waals surface area contributed by atoms with Crippen LogP contribution in [0.15, 0.2) is 47.4 Å². The Bertz CT molecular complexity index is 1230. The van der Waals surface area contributed by atoms with E-state index in [4.69, 9.17) is 15.2 Å². The smallest absolute Gasteiger partial charge is 0.289 e. The van der Waals surface area contributed by atoms with Gasteiger partial charge in [-0.3, -0.25) is 24.0 Å². The van der Waals surface area contributed by atoms with Gasteiger partial charge in [0.2, 0.25) is 11.8 Å². The van der Waals surface area contributed by atoms with Crippen LogP contribution >= 0.6 is 0 Å². The number of hydrogen-bond acceptors (Lipinski definition) is 8. The van der Waals surface area contributed by atoms with Gasteiger partial charge in [-0.2, -0.15) is 0 Å². The summed E-state index contributed by atoms with van der Waals surface area (Å²) in [5, 5.41) is 11.6. The molecule has 0 saturated carbocycles. The predicted octanol–water partition coefficient (Wildman–Crippen LogP) is 1.53. The number of nitro benzene ring substituents is 1. The fourth-order valence-corrected chi connectivity index (χ4v) is 5.46. The number of nitro groups is 1. The number of sulfonamides is 1. The molecule has 0 aromatic heterocycles. The van der Waals surface area contributed by atoms with E-state index in [9.17, 15) is 28.1 Å². The van der Waals surface area contributed by atoms with E-state index >= 15 is 0 Å². The minimum atomic E-state index is -4.59. The third kappa shape index (κ3) is 5.45. The van der Waals surface area contributed by atoms with Gasteiger partial charge >= 0.3 is 0 Å². The van der Waals surface area contributed by atoms with Crippen molar-refractivity contribution in [2.24, 2.45) is 11.7 Å². The summed E-state index contributed by atoms with van der Waals surface area (Å²) in [5.74, 6) is -0.860. The lowest BCUT2D eigenvalue weighted by Crippen LogP contribution is -2.47. The molecule has 1 aliphatic rings. The van der Waals surface area contributed by atoms with E-state index in [0.29, 0.717) is 18.6 Å². The number of benzene rings is 2. The summed E-state index contributed by atoms with van der Waals surface area (Å²) in [6.07, 6.45) is 0.730. The fraction of sp³-hybridized carbons (Fsp3) is 0.364. The predicted molar refractivity (Wildman–Crippen MR) is 126 cm³/mol. The fourth-order valence-electron chi connectivity index (χ4n) is 3.87. The first-order valence-electron chi connectivity index (χ1n) is 10.7. The number of piperidine rings is 1. The Hall–Kier alpha value is -3.87. The minimum Gasteiger partial charge on any atom is -0.497 e. The van der Waals surface area contributed by atoms with Crippen LogP contribution in [0.5, 0.6) is 11.5 Å². The summed E-state index contributed by atoms with van der Waals surface area (Å²) in [4.78, 5) is 36.3. The number of rotatable bonds is 9. The maximum Gasteiger partial charge on any atom is 0.289 e. The van der Waals surface area contributed by atoms with Crippen molar-refractivity contribution in [3.05, 3.63) is 52.6 Å². The molecular weight excluding hydrogens is 480 g/mol. The van der Waals surface area contributed by atoms with Gasteiger partial charge in [0.15, 0.2) is 4.90 Å². The van der Waals surface area contributed by atoms with Gasteiger partial charge in [0.25, 0.3) is 15.7 Å². The van der Waals surface area contributed by atoms with Crippen molar-refractivity contribution in [2.45, 2.75) is 17.7 Å². The molecule has 2 aromatic rings. The van der Waals surface area contributed by atoms with Gasteiger partial charge in [-0.25, -0.2) is 8.42 Å². The van der Waals surface area contributed by atoms with Gasteiger partial charge in [-0.1, -0.05) is 12.1 Å². The molecule has 188 valence electrons. The Morgan fingerprint density at radius 1 is 1.14 bits per heavy atom. The number of para-hydroxylation sites is 1. The molecule has 1 aliphatic heterocycles. The second-order valence-corrected chi connectivity index (χ2v) is 9.66. The Morgan fingerprint density at radius 3 is 2.37 bits per heavy atom. The van der Waals surface area contributed by atoms with Gasteiger partial charge in [0.1, 0.15) is 18.0 Å². The summed E-state index contributed by atoms with van der Waals surface area (Å²) in [7, 11) is -1.84. The van der Waals surface area contributed by atoms with Gasteiger partial charge in [0.05, 0.1) is 24.8 Å². The van der Waals surface area contributed by atoms with Crippen molar-refractivity contribution in [1.82, 2.24) is 4.90 Å². The number of carbonyl (C=O) groups excluding carboxylic acids is 2. The highest BCUT2D eigenvalue weighted by molar-refractivity contribution is 7.93. The summed E-state index contributed by atoms with van der Waals surface area (Å²) < 4.78 is 38.8. The standard InChI is InChI=1S/C22H26N4O8S/c1-33-16-7-8-17(19(13-16)34-2)25(14-21(27)24-11-9-15(10-12-24)22(23)28)35(31,32)20-6-4-3-5-18(20)26(29)30/h3-8,13,15H,9-12,14H2,1-2H3,(H2,23,28). The summed E-state index contributed by atoms with van der Waals surface area (Å²) >= 11 is 0. The van der Waals surface area contributed by atoms with Crippen LogP contribution in [0.4, 0.5) is 11.4 Å². The highest BCUT2D eigenvalue weighted by Crippen LogP contribution is 2.37. The topological polar surface area (TPSA) is 162 Å². The van der Waals surface area contributed by atoms with Crippen molar-refractivity contribution < 1.29 is 32.4 Å². The van der Waals surface area contributed by atoms with Gasteiger partial charge in [0, 0.05) is 31.1 Å². The monoisotopic (exact) mass is 506 g/mol. The molecule has 1 heterocycles. The van der Waals surface area contributed by atoms with Crippen molar-refractivity contribution in [2.75, 3.05) is 38.2 Å². The Labute approximate surface area is 202 Å². The molecule has 0 aliphatic carbocycles. The first-order chi connectivity index (χ1) is 16.6. The van der Waals surface area contributed by atoms with E-state index in [0.717, 1.165) is 16.4 Å². The molecule has 1 saturated heterocycles. The van der Waals surface area contributed by atoms with E-state index in [1.807, 2.05) is 0 Å². The molecule has 0 bridgehead atoms. The first-order valence-corrected chi connectivity index (χ1v) is 12.1. The molecule has 0 spiro atoms. The average Bonchev–Trinajstić information content (AvgIpc) is 2.86. The van der Waals surface area contributed by atoms with E-state index < -0.39 is 43.9 Å². The molecule has 13 heteroatoms. The van der Waals surface area contributed by atoms with Gasteiger partial charge < -0.3 is 20.1 Å². The summed E-state index contributed by atoms with van der Waals surface area (Å²) in [5.41, 5.74) is 4.73. The number of ether oxygens (including phenoxy) is 2. The molecule has 12 nitrogen and oxygen atoms in total. The van der Waals surface area contributed by atoms with E-state index in [-0.39, 0.29) is 30.4 Å². The number of amides is 2. The molecular formula is C22H26N4O8S. The van der Waals surface area contributed by atoms with Gasteiger partial charge in [-0.05, 0) is 31.0 Å². The third-order valence-corrected chi connectivity index (χ3v) is 7.62. The number of primary amides is 1. The average molecular weight is 507 g/mol. The molecule has 3 rings (SSSR count). The van der Waals surface area contributed by atoms with Crippen LogP contribution in [-0.4, -0.2) is 63.9 Å². The zero-order valence-corrected chi connectivity index (χ0v) is 20.1. The number of anilines is 1. The van der Waals surface area contributed by atoms with Crippen LogP contribution in [0.25, 0.3) is 0 Å². The molecule has 0 unspecified atom stereocenters. The van der Waals surface area contributed by atoms with Crippen LogP contribution in [0.3, 0.4) is 0 Å². The minimum absolute atomic E-state index is 0.00632. The molecule has 2 N–H and O–H groups in total. The molecule has 2 aromatic carbocycles. The van der Waals surface area contributed by atoms with Crippen LogP contribution in [-0.2, 0) is 19.6 Å². The third-order valence-electron chi connectivity index (χ3n) is 5.81. The number of carbonyl (C=O) groups is 2. The number of likely N-dealkylation sites (tertiary alicyclic amines) is 1. The zero-order valence-electron chi connectivity index (χ0n) is 19.2. The summed E-state index contributed by atoms with van der Waals surface area (Å²) in [6.45, 7) is -0.185. The van der Waals surface area contributed by atoms with Gasteiger partial charge in [-0.15, -0.1) is 0 Å². The van der Waals surface area contributed by atoms with E-state index in [2.05, 4.69) is 0 Å². The maximum absolute atomic E-state index is 13.7. The summed E-state index contributed by atoms with van der Waals surface area (Å²) in [6, 6.07) is 9.23.